The van der Waals surface area contributed by atoms with Gasteiger partial charge < -0.3 is 4.74 Å². The van der Waals surface area contributed by atoms with Gasteiger partial charge in [-0.3, -0.25) is 0 Å². The molecule has 3 rings (SSSR count). The average Bonchev–Trinajstić information content (AvgIpc) is 3.06. The predicted molar refractivity (Wildman–Crippen MR) is 67.8 cm³/mol. The van der Waals surface area contributed by atoms with Crippen LogP contribution < -0.4 is 0 Å². The van der Waals surface area contributed by atoms with Gasteiger partial charge in [0.05, 0.1) is 17.1 Å². The lowest BCUT2D eigenvalue weighted by atomic mass is 10.2. The minimum Gasteiger partial charge on any atom is -0.368 e. The molecule has 0 N–H and O–H groups in total. The van der Waals surface area contributed by atoms with Crippen LogP contribution in [0.2, 0.25) is 0 Å². The number of epoxide rings is 1. The quantitative estimate of drug-likeness (QED) is 0.764. The van der Waals surface area contributed by atoms with Gasteiger partial charge in [0.15, 0.2) is 0 Å². The molecule has 2 fully saturated rings. The zero-order valence-electron chi connectivity index (χ0n) is 10.4. The molecule has 5 heteroatoms. The smallest absolute Gasteiger partial charge is 0.243 e. The molecule has 2 aliphatic heterocycles. The lowest BCUT2D eigenvalue weighted by Crippen LogP contribution is -2.34. The molecule has 2 unspecified atom stereocenters. The van der Waals surface area contributed by atoms with Crippen LogP contribution in [-0.2, 0) is 14.8 Å². The second-order valence-corrected chi connectivity index (χ2v) is 6.97. The number of aryl methyl sites for hydroxylation is 1. The SMILES string of the molecule is Cc1ccc(S(=O)(=O)N2CCCC3OC3C2)cc1. The Morgan fingerprint density at radius 3 is 2.67 bits per heavy atom. The molecule has 2 atom stereocenters. The minimum absolute atomic E-state index is 0.118. The lowest BCUT2D eigenvalue weighted by molar-refractivity contribution is 0.296. The van der Waals surface area contributed by atoms with Crippen LogP contribution >= 0.6 is 0 Å². The van der Waals surface area contributed by atoms with Crippen LogP contribution in [0.15, 0.2) is 29.2 Å². The Labute approximate surface area is 108 Å². The molecule has 0 saturated carbocycles. The molecule has 2 aliphatic rings. The van der Waals surface area contributed by atoms with Gasteiger partial charge in [-0.15, -0.1) is 0 Å². The third kappa shape index (κ3) is 2.18. The van der Waals surface area contributed by atoms with Gasteiger partial charge in [-0.1, -0.05) is 17.7 Å². The molecule has 0 aliphatic carbocycles. The number of hydrogen-bond acceptors (Lipinski definition) is 3. The molecule has 0 aromatic heterocycles. The highest BCUT2D eigenvalue weighted by molar-refractivity contribution is 7.89. The first-order valence-electron chi connectivity index (χ1n) is 6.30. The Hall–Kier alpha value is -0.910. The van der Waals surface area contributed by atoms with E-state index in [1.54, 1.807) is 16.4 Å². The van der Waals surface area contributed by atoms with Gasteiger partial charge in [-0.05, 0) is 31.9 Å². The van der Waals surface area contributed by atoms with Crippen molar-refractivity contribution in [2.45, 2.75) is 36.9 Å². The summed E-state index contributed by atoms with van der Waals surface area (Å²) in [6.07, 6.45) is 2.27. The zero-order valence-corrected chi connectivity index (χ0v) is 11.2. The summed E-state index contributed by atoms with van der Waals surface area (Å²) in [5, 5.41) is 0. The van der Waals surface area contributed by atoms with Crippen LogP contribution in [0.3, 0.4) is 0 Å². The Bertz CT molecular complexity index is 538. The zero-order chi connectivity index (χ0) is 12.8. The lowest BCUT2D eigenvalue weighted by Gasteiger charge is -2.20. The summed E-state index contributed by atoms with van der Waals surface area (Å²) < 4.78 is 32.0. The van der Waals surface area contributed by atoms with E-state index in [1.807, 2.05) is 19.1 Å². The summed E-state index contributed by atoms with van der Waals surface area (Å²) in [6.45, 7) is 3.05. The first-order chi connectivity index (χ1) is 8.57. The Balaban J connectivity index is 1.86. The highest BCUT2D eigenvalue weighted by Gasteiger charge is 2.44. The van der Waals surface area contributed by atoms with Crippen molar-refractivity contribution >= 4 is 10.0 Å². The van der Waals surface area contributed by atoms with Crippen LogP contribution in [0.1, 0.15) is 18.4 Å². The van der Waals surface area contributed by atoms with Gasteiger partial charge in [0.1, 0.15) is 0 Å². The fourth-order valence-electron chi connectivity index (χ4n) is 2.43. The molecular formula is C13H17NO3S. The molecule has 18 heavy (non-hydrogen) atoms. The van der Waals surface area contributed by atoms with Crippen molar-refractivity contribution in [1.82, 2.24) is 4.31 Å². The largest absolute Gasteiger partial charge is 0.368 e. The van der Waals surface area contributed by atoms with Gasteiger partial charge in [0.25, 0.3) is 0 Å². The van der Waals surface area contributed by atoms with E-state index >= 15 is 0 Å². The van der Waals surface area contributed by atoms with E-state index in [0.29, 0.717) is 24.1 Å². The first-order valence-corrected chi connectivity index (χ1v) is 7.74. The van der Waals surface area contributed by atoms with Gasteiger partial charge >= 0.3 is 0 Å². The summed E-state index contributed by atoms with van der Waals surface area (Å²) in [7, 11) is -3.36. The number of fused-ring (bicyclic) bond motifs is 1. The van der Waals surface area contributed by atoms with Crippen molar-refractivity contribution in [3.63, 3.8) is 0 Å². The minimum atomic E-state index is -3.36. The number of sulfonamides is 1. The summed E-state index contributed by atoms with van der Waals surface area (Å²) in [5.41, 5.74) is 1.07. The van der Waals surface area contributed by atoms with E-state index in [4.69, 9.17) is 4.74 Å². The average molecular weight is 267 g/mol. The second-order valence-electron chi connectivity index (χ2n) is 5.03. The first kappa shape index (κ1) is 12.1. The van der Waals surface area contributed by atoms with Gasteiger partial charge in [-0.25, -0.2) is 8.42 Å². The molecule has 2 saturated heterocycles. The van der Waals surface area contributed by atoms with Crippen molar-refractivity contribution in [2.75, 3.05) is 13.1 Å². The van der Waals surface area contributed by atoms with Crippen molar-refractivity contribution in [1.29, 1.82) is 0 Å². The van der Waals surface area contributed by atoms with Crippen LogP contribution in [-0.4, -0.2) is 38.0 Å². The molecule has 0 spiro atoms. The summed E-state index contributed by atoms with van der Waals surface area (Å²) >= 11 is 0. The van der Waals surface area contributed by atoms with Crippen molar-refractivity contribution in [2.24, 2.45) is 0 Å². The molecule has 1 aromatic carbocycles. The van der Waals surface area contributed by atoms with Crippen molar-refractivity contribution in [3.8, 4) is 0 Å². The molecule has 0 bridgehead atoms. The van der Waals surface area contributed by atoms with E-state index in [9.17, 15) is 8.42 Å². The third-order valence-electron chi connectivity index (χ3n) is 3.63. The highest BCUT2D eigenvalue weighted by atomic mass is 32.2. The van der Waals surface area contributed by atoms with Gasteiger partial charge in [0.2, 0.25) is 10.0 Å². The summed E-state index contributed by atoms with van der Waals surface area (Å²) in [5.74, 6) is 0. The predicted octanol–water partition coefficient (Wildman–Crippen LogP) is 1.55. The maximum Gasteiger partial charge on any atom is 0.243 e. The fraction of sp³-hybridized carbons (Fsp3) is 0.538. The molecule has 0 radical (unpaired) electrons. The standard InChI is InChI=1S/C13H17NO3S/c1-10-4-6-11(7-5-10)18(15,16)14-8-2-3-12-13(9-14)17-12/h4-7,12-13H,2-3,8-9H2,1H3. The molecule has 2 heterocycles. The highest BCUT2D eigenvalue weighted by Crippen LogP contribution is 2.32. The number of hydrogen-bond donors (Lipinski definition) is 0. The van der Waals surface area contributed by atoms with Crippen molar-refractivity contribution in [3.05, 3.63) is 29.8 Å². The number of nitrogens with zero attached hydrogens (tertiary/aromatic N) is 1. The third-order valence-corrected chi connectivity index (χ3v) is 5.51. The molecule has 98 valence electrons. The van der Waals surface area contributed by atoms with Crippen LogP contribution in [0.25, 0.3) is 0 Å². The van der Waals surface area contributed by atoms with Crippen LogP contribution in [0, 0.1) is 6.92 Å². The maximum absolute atomic E-state index is 12.5. The number of ether oxygens (including phenoxy) is 1. The molecule has 0 amide bonds. The van der Waals surface area contributed by atoms with Crippen LogP contribution in [0.4, 0.5) is 0 Å². The van der Waals surface area contributed by atoms with Gasteiger partial charge in [0, 0.05) is 13.1 Å². The van der Waals surface area contributed by atoms with Gasteiger partial charge in [-0.2, -0.15) is 4.31 Å². The number of rotatable bonds is 2. The fourth-order valence-corrected chi connectivity index (χ4v) is 3.92. The topological polar surface area (TPSA) is 49.9 Å². The Morgan fingerprint density at radius 2 is 1.94 bits per heavy atom. The van der Waals surface area contributed by atoms with Crippen LogP contribution in [0.5, 0.6) is 0 Å². The Kier molecular flexibility index (Phi) is 2.92. The monoisotopic (exact) mass is 267 g/mol. The normalized spacial score (nSPS) is 28.5. The van der Waals surface area contributed by atoms with E-state index in [-0.39, 0.29) is 6.10 Å². The van der Waals surface area contributed by atoms with Crippen molar-refractivity contribution < 1.29 is 13.2 Å². The number of benzene rings is 1. The molecule has 1 aromatic rings. The van der Waals surface area contributed by atoms with E-state index < -0.39 is 10.0 Å². The van der Waals surface area contributed by atoms with E-state index in [0.717, 1.165) is 18.4 Å². The maximum atomic E-state index is 12.5. The Morgan fingerprint density at radius 1 is 1.22 bits per heavy atom. The summed E-state index contributed by atoms with van der Waals surface area (Å²) in [6, 6.07) is 7.03. The van der Waals surface area contributed by atoms with E-state index in [1.165, 1.54) is 0 Å². The van der Waals surface area contributed by atoms with E-state index in [2.05, 4.69) is 0 Å². The molecule has 4 nitrogen and oxygen atoms in total. The molecular weight excluding hydrogens is 250 g/mol. The second kappa shape index (κ2) is 4.33. The summed E-state index contributed by atoms with van der Waals surface area (Å²) in [4.78, 5) is 0.382.